The minimum Gasteiger partial charge on any atom is -0.352 e. The third-order valence-corrected chi connectivity index (χ3v) is 3.18. The molecule has 1 amide bonds. The van der Waals surface area contributed by atoms with Crippen molar-refractivity contribution in [1.82, 2.24) is 5.32 Å². The molecule has 2 aromatic carbocycles. The number of carbonyl (C=O) groups excluding carboxylic acids is 1. The molecule has 21 heavy (non-hydrogen) atoms. The molecule has 2 rings (SSSR count). The van der Waals surface area contributed by atoms with Crippen LogP contribution in [0.1, 0.15) is 11.1 Å². The van der Waals surface area contributed by atoms with E-state index in [0.717, 1.165) is 17.5 Å². The molecular weight excluding hydrogens is 289 g/mol. The number of halogens is 2. The third-order valence-electron chi connectivity index (χ3n) is 2.92. The van der Waals surface area contributed by atoms with Gasteiger partial charge in [-0.05, 0) is 47.9 Å². The number of carbonyl (C=O) groups is 1. The molecule has 4 heteroatoms. The molecule has 1 N–H and O–H groups in total. The molecule has 0 saturated carbocycles. The summed E-state index contributed by atoms with van der Waals surface area (Å²) in [6, 6.07) is 13.5. The Labute approximate surface area is 128 Å². The van der Waals surface area contributed by atoms with Crippen LogP contribution in [0.2, 0.25) is 5.02 Å². The van der Waals surface area contributed by atoms with Crippen molar-refractivity contribution in [1.29, 1.82) is 0 Å². The van der Waals surface area contributed by atoms with Crippen LogP contribution >= 0.6 is 11.6 Å². The van der Waals surface area contributed by atoms with E-state index in [4.69, 9.17) is 11.6 Å². The van der Waals surface area contributed by atoms with Gasteiger partial charge in [-0.2, -0.15) is 0 Å². The van der Waals surface area contributed by atoms with E-state index in [1.807, 2.05) is 24.3 Å². The van der Waals surface area contributed by atoms with Gasteiger partial charge < -0.3 is 5.32 Å². The zero-order valence-corrected chi connectivity index (χ0v) is 12.1. The van der Waals surface area contributed by atoms with Gasteiger partial charge in [0.15, 0.2) is 0 Å². The summed E-state index contributed by atoms with van der Waals surface area (Å²) in [5.74, 6) is -0.465. The SMILES string of the molecule is O=C(/C=C/c1ccc(F)cc1)NCCc1ccc(Cl)cc1. The molecule has 2 nitrogen and oxygen atoms in total. The second-order valence-electron chi connectivity index (χ2n) is 4.55. The van der Waals surface area contributed by atoms with E-state index in [2.05, 4.69) is 5.32 Å². The lowest BCUT2D eigenvalue weighted by atomic mass is 10.1. The predicted octanol–water partition coefficient (Wildman–Crippen LogP) is 3.85. The Hall–Kier alpha value is -2.13. The summed E-state index contributed by atoms with van der Waals surface area (Å²) >= 11 is 5.80. The van der Waals surface area contributed by atoms with Gasteiger partial charge in [0, 0.05) is 17.6 Å². The van der Waals surface area contributed by atoms with E-state index in [-0.39, 0.29) is 11.7 Å². The van der Waals surface area contributed by atoms with Gasteiger partial charge in [0.2, 0.25) is 5.91 Å². The monoisotopic (exact) mass is 303 g/mol. The topological polar surface area (TPSA) is 29.1 Å². The average Bonchev–Trinajstić information content (AvgIpc) is 2.49. The quantitative estimate of drug-likeness (QED) is 0.835. The standard InChI is InChI=1S/C17H15ClFNO/c18-15-6-1-14(2-7-15)11-12-20-17(21)10-5-13-3-8-16(19)9-4-13/h1-10H,11-12H2,(H,20,21)/b10-5+. The molecule has 0 saturated heterocycles. The van der Waals surface area contributed by atoms with Gasteiger partial charge in [0.25, 0.3) is 0 Å². The van der Waals surface area contributed by atoms with E-state index >= 15 is 0 Å². The van der Waals surface area contributed by atoms with Gasteiger partial charge in [0.1, 0.15) is 5.82 Å². The highest BCUT2D eigenvalue weighted by atomic mass is 35.5. The molecule has 0 aliphatic rings. The Bertz CT molecular complexity index is 620. The van der Waals surface area contributed by atoms with Crippen molar-refractivity contribution < 1.29 is 9.18 Å². The smallest absolute Gasteiger partial charge is 0.244 e. The fourth-order valence-corrected chi connectivity index (χ4v) is 1.91. The van der Waals surface area contributed by atoms with E-state index < -0.39 is 0 Å². The van der Waals surface area contributed by atoms with Crippen LogP contribution in [0, 0.1) is 5.82 Å². The molecule has 0 atom stereocenters. The molecule has 0 bridgehead atoms. The molecule has 0 heterocycles. The van der Waals surface area contributed by atoms with Gasteiger partial charge in [-0.3, -0.25) is 4.79 Å². The second kappa shape index (κ2) is 7.60. The maximum Gasteiger partial charge on any atom is 0.244 e. The molecule has 108 valence electrons. The fourth-order valence-electron chi connectivity index (χ4n) is 1.79. The first-order chi connectivity index (χ1) is 10.1. The van der Waals surface area contributed by atoms with Crippen molar-refractivity contribution in [3.63, 3.8) is 0 Å². The Morgan fingerprint density at radius 1 is 1.10 bits per heavy atom. The highest BCUT2D eigenvalue weighted by molar-refractivity contribution is 6.30. The number of rotatable bonds is 5. The van der Waals surface area contributed by atoms with E-state index in [0.29, 0.717) is 11.6 Å². The van der Waals surface area contributed by atoms with Crippen LogP contribution in [0.5, 0.6) is 0 Å². The Balaban J connectivity index is 1.77. The van der Waals surface area contributed by atoms with Gasteiger partial charge in [-0.25, -0.2) is 4.39 Å². The van der Waals surface area contributed by atoms with E-state index in [9.17, 15) is 9.18 Å². The van der Waals surface area contributed by atoms with Crippen LogP contribution in [-0.2, 0) is 11.2 Å². The Morgan fingerprint density at radius 2 is 1.76 bits per heavy atom. The molecule has 0 unspecified atom stereocenters. The van der Waals surface area contributed by atoms with Crippen LogP contribution in [-0.4, -0.2) is 12.5 Å². The number of amides is 1. The zero-order valence-electron chi connectivity index (χ0n) is 11.4. The van der Waals surface area contributed by atoms with Crippen LogP contribution in [0.25, 0.3) is 6.08 Å². The van der Waals surface area contributed by atoms with Gasteiger partial charge >= 0.3 is 0 Å². The van der Waals surface area contributed by atoms with Crippen LogP contribution in [0.4, 0.5) is 4.39 Å². The zero-order chi connectivity index (χ0) is 15.1. The minimum absolute atomic E-state index is 0.173. The van der Waals surface area contributed by atoms with E-state index in [1.165, 1.54) is 18.2 Å². The van der Waals surface area contributed by atoms with Crippen LogP contribution in [0.15, 0.2) is 54.6 Å². The van der Waals surface area contributed by atoms with Crippen molar-refractivity contribution in [2.45, 2.75) is 6.42 Å². The lowest BCUT2D eigenvalue weighted by molar-refractivity contribution is -0.116. The highest BCUT2D eigenvalue weighted by Gasteiger charge is 1.97. The van der Waals surface area contributed by atoms with Crippen molar-refractivity contribution in [2.24, 2.45) is 0 Å². The first-order valence-electron chi connectivity index (χ1n) is 6.59. The van der Waals surface area contributed by atoms with E-state index in [1.54, 1.807) is 18.2 Å². The average molecular weight is 304 g/mol. The van der Waals surface area contributed by atoms with Crippen LogP contribution in [0.3, 0.4) is 0 Å². The summed E-state index contributed by atoms with van der Waals surface area (Å²) in [6.45, 7) is 0.550. The maximum absolute atomic E-state index is 12.7. The first-order valence-corrected chi connectivity index (χ1v) is 6.97. The Morgan fingerprint density at radius 3 is 2.43 bits per heavy atom. The molecule has 0 aliphatic heterocycles. The van der Waals surface area contributed by atoms with Crippen molar-refractivity contribution in [3.8, 4) is 0 Å². The van der Waals surface area contributed by atoms with Crippen LogP contribution < -0.4 is 5.32 Å². The fraction of sp³-hybridized carbons (Fsp3) is 0.118. The molecule has 0 spiro atoms. The lowest BCUT2D eigenvalue weighted by Gasteiger charge is -2.03. The summed E-state index contributed by atoms with van der Waals surface area (Å²) in [7, 11) is 0. The number of nitrogens with one attached hydrogen (secondary N) is 1. The highest BCUT2D eigenvalue weighted by Crippen LogP contribution is 2.09. The molecule has 2 aromatic rings. The molecule has 0 aliphatic carbocycles. The first kappa shape index (κ1) is 15.3. The number of hydrogen-bond donors (Lipinski definition) is 1. The summed E-state index contributed by atoms with van der Waals surface area (Å²) in [4.78, 5) is 11.6. The maximum atomic E-state index is 12.7. The normalized spacial score (nSPS) is 10.8. The third kappa shape index (κ3) is 5.40. The minimum atomic E-state index is -0.292. The summed E-state index contributed by atoms with van der Waals surface area (Å²) in [6.07, 6.45) is 3.83. The number of hydrogen-bond acceptors (Lipinski definition) is 1. The number of benzene rings is 2. The molecule has 0 radical (unpaired) electrons. The lowest BCUT2D eigenvalue weighted by Crippen LogP contribution is -2.23. The van der Waals surface area contributed by atoms with Crippen molar-refractivity contribution in [2.75, 3.05) is 6.54 Å². The molecule has 0 aromatic heterocycles. The summed E-state index contributed by atoms with van der Waals surface area (Å²) < 4.78 is 12.7. The van der Waals surface area contributed by atoms with Gasteiger partial charge in [-0.1, -0.05) is 35.9 Å². The molecular formula is C17H15ClFNO. The largest absolute Gasteiger partial charge is 0.352 e. The van der Waals surface area contributed by atoms with Gasteiger partial charge in [0.05, 0.1) is 0 Å². The van der Waals surface area contributed by atoms with Crippen molar-refractivity contribution in [3.05, 3.63) is 76.6 Å². The summed E-state index contributed by atoms with van der Waals surface area (Å²) in [5.41, 5.74) is 1.89. The van der Waals surface area contributed by atoms with Gasteiger partial charge in [-0.15, -0.1) is 0 Å². The predicted molar refractivity (Wildman–Crippen MR) is 83.6 cm³/mol. The summed E-state index contributed by atoms with van der Waals surface area (Å²) in [5, 5.41) is 3.49. The van der Waals surface area contributed by atoms with Crippen molar-refractivity contribution >= 4 is 23.6 Å². The second-order valence-corrected chi connectivity index (χ2v) is 4.99. The Kier molecular flexibility index (Phi) is 5.52. The molecule has 0 fully saturated rings.